The van der Waals surface area contributed by atoms with Gasteiger partial charge < -0.3 is 10.6 Å². The maximum absolute atomic E-state index is 12.7. The second-order valence-electron chi connectivity index (χ2n) is 5.69. The number of nitrogens with one attached hydrogen (secondary N) is 2. The Bertz CT molecular complexity index is 982. The van der Waals surface area contributed by atoms with E-state index in [1.54, 1.807) is 30.1 Å². The van der Waals surface area contributed by atoms with Crippen molar-refractivity contribution in [2.45, 2.75) is 11.3 Å². The number of fused-ring (bicyclic) bond motifs is 2. The van der Waals surface area contributed by atoms with Gasteiger partial charge in [-0.05, 0) is 30.3 Å². The number of anilines is 2. The van der Waals surface area contributed by atoms with Crippen LogP contribution in [-0.2, 0) is 4.79 Å². The summed E-state index contributed by atoms with van der Waals surface area (Å²) < 4.78 is 0. The number of pyridine rings is 1. The molecule has 0 unspecified atom stereocenters. The molecule has 1 aromatic heterocycles. The van der Waals surface area contributed by atoms with Crippen molar-refractivity contribution >= 4 is 45.9 Å². The minimum atomic E-state index is -0.232. The van der Waals surface area contributed by atoms with Gasteiger partial charge in [-0.2, -0.15) is 0 Å². The van der Waals surface area contributed by atoms with Gasteiger partial charge in [0.2, 0.25) is 5.91 Å². The standard InChI is InChI=1S/C19H15N3O2S/c23-17-8-10-25-16-7-6-13(11-15(16)21-17)19(24)22-14-5-1-3-12-4-2-9-20-18(12)14/h1-7,9,11H,8,10H2,(H,21,23)(H,22,24). The lowest BCUT2D eigenvalue weighted by Gasteiger charge is -2.11. The van der Waals surface area contributed by atoms with Gasteiger partial charge >= 0.3 is 0 Å². The molecule has 0 saturated carbocycles. The number of thioether (sulfide) groups is 1. The van der Waals surface area contributed by atoms with Crippen LogP contribution in [0.4, 0.5) is 11.4 Å². The highest BCUT2D eigenvalue weighted by Crippen LogP contribution is 2.32. The van der Waals surface area contributed by atoms with Crippen LogP contribution in [0.25, 0.3) is 10.9 Å². The molecule has 0 atom stereocenters. The number of carbonyl (C=O) groups is 2. The number of nitrogens with zero attached hydrogens (tertiary/aromatic N) is 1. The quantitative estimate of drug-likeness (QED) is 0.735. The van der Waals surface area contributed by atoms with Crippen LogP contribution < -0.4 is 10.6 Å². The van der Waals surface area contributed by atoms with E-state index in [9.17, 15) is 9.59 Å². The van der Waals surface area contributed by atoms with E-state index in [4.69, 9.17) is 0 Å². The SMILES string of the molecule is O=C1CCSc2ccc(C(=O)Nc3cccc4cccnc34)cc2N1. The maximum atomic E-state index is 12.7. The molecule has 0 saturated heterocycles. The van der Waals surface area contributed by atoms with Crippen molar-refractivity contribution < 1.29 is 9.59 Å². The van der Waals surface area contributed by atoms with Crippen LogP contribution in [0.5, 0.6) is 0 Å². The highest BCUT2D eigenvalue weighted by molar-refractivity contribution is 7.99. The van der Waals surface area contributed by atoms with E-state index in [0.717, 1.165) is 21.6 Å². The molecule has 0 fully saturated rings. The zero-order chi connectivity index (χ0) is 17.2. The smallest absolute Gasteiger partial charge is 0.255 e. The molecule has 5 nitrogen and oxygen atoms in total. The molecule has 0 bridgehead atoms. The van der Waals surface area contributed by atoms with E-state index in [2.05, 4.69) is 15.6 Å². The Hall–Kier alpha value is -2.86. The van der Waals surface area contributed by atoms with Crippen LogP contribution >= 0.6 is 11.8 Å². The third-order valence-electron chi connectivity index (χ3n) is 3.98. The summed E-state index contributed by atoms with van der Waals surface area (Å²) in [5.41, 5.74) is 2.60. The average Bonchev–Trinajstić information content (AvgIpc) is 2.81. The van der Waals surface area contributed by atoms with Crippen molar-refractivity contribution in [1.29, 1.82) is 0 Å². The van der Waals surface area contributed by atoms with Gasteiger partial charge in [-0.25, -0.2) is 0 Å². The Morgan fingerprint density at radius 1 is 1.16 bits per heavy atom. The lowest BCUT2D eigenvalue weighted by atomic mass is 10.1. The van der Waals surface area contributed by atoms with Gasteiger partial charge in [-0.1, -0.05) is 18.2 Å². The van der Waals surface area contributed by atoms with Crippen molar-refractivity contribution in [3.63, 3.8) is 0 Å². The van der Waals surface area contributed by atoms with E-state index < -0.39 is 0 Å². The van der Waals surface area contributed by atoms with Crippen LogP contribution in [0.2, 0.25) is 0 Å². The summed E-state index contributed by atoms with van der Waals surface area (Å²) >= 11 is 1.61. The number of benzene rings is 2. The first-order chi connectivity index (χ1) is 12.2. The first-order valence-corrected chi connectivity index (χ1v) is 8.91. The molecule has 0 radical (unpaired) electrons. The van der Waals surface area contributed by atoms with Crippen LogP contribution in [0.15, 0.2) is 59.6 Å². The van der Waals surface area contributed by atoms with E-state index in [0.29, 0.717) is 23.4 Å². The van der Waals surface area contributed by atoms with Crippen LogP contribution in [0.3, 0.4) is 0 Å². The van der Waals surface area contributed by atoms with Gasteiger partial charge in [0.1, 0.15) is 0 Å². The molecule has 6 heteroatoms. The Morgan fingerprint density at radius 2 is 2.04 bits per heavy atom. The van der Waals surface area contributed by atoms with E-state index in [1.807, 2.05) is 36.4 Å². The normalized spacial score (nSPS) is 13.7. The Labute approximate surface area is 148 Å². The number of amides is 2. The van der Waals surface area contributed by atoms with Crippen LogP contribution in [0, 0.1) is 0 Å². The Kier molecular flexibility index (Phi) is 4.11. The summed E-state index contributed by atoms with van der Waals surface area (Å²) in [6, 6.07) is 14.8. The number of hydrogen-bond donors (Lipinski definition) is 2. The summed E-state index contributed by atoms with van der Waals surface area (Å²) in [7, 11) is 0. The summed E-state index contributed by atoms with van der Waals surface area (Å²) in [6.07, 6.45) is 2.18. The molecule has 124 valence electrons. The molecule has 4 rings (SSSR count). The fourth-order valence-corrected chi connectivity index (χ4v) is 3.70. The second kappa shape index (κ2) is 6.57. The molecule has 25 heavy (non-hydrogen) atoms. The molecular weight excluding hydrogens is 334 g/mol. The fourth-order valence-electron chi connectivity index (χ4n) is 2.76. The van der Waals surface area contributed by atoms with Crippen LogP contribution in [0.1, 0.15) is 16.8 Å². The first-order valence-electron chi connectivity index (χ1n) is 7.92. The zero-order valence-electron chi connectivity index (χ0n) is 13.3. The summed E-state index contributed by atoms with van der Waals surface area (Å²) in [5.74, 6) is 0.484. The predicted molar refractivity (Wildman–Crippen MR) is 100 cm³/mol. The van der Waals surface area contributed by atoms with Crippen LogP contribution in [-0.4, -0.2) is 22.6 Å². The third-order valence-corrected chi connectivity index (χ3v) is 5.06. The monoisotopic (exact) mass is 349 g/mol. The summed E-state index contributed by atoms with van der Waals surface area (Å²) in [6.45, 7) is 0. The topological polar surface area (TPSA) is 71.1 Å². The second-order valence-corrected chi connectivity index (χ2v) is 6.83. The molecule has 1 aliphatic rings. The number of para-hydroxylation sites is 1. The Morgan fingerprint density at radius 3 is 2.96 bits per heavy atom. The molecule has 0 aliphatic carbocycles. The lowest BCUT2D eigenvalue weighted by Crippen LogP contribution is -2.14. The van der Waals surface area contributed by atoms with E-state index >= 15 is 0 Å². The number of hydrogen-bond acceptors (Lipinski definition) is 4. The van der Waals surface area contributed by atoms with Gasteiger partial charge in [0.05, 0.1) is 16.9 Å². The van der Waals surface area contributed by atoms with E-state index in [1.165, 1.54) is 0 Å². The average molecular weight is 349 g/mol. The molecule has 0 spiro atoms. The minimum Gasteiger partial charge on any atom is -0.325 e. The van der Waals surface area contributed by atoms with Gasteiger partial charge in [-0.3, -0.25) is 14.6 Å². The number of rotatable bonds is 2. The van der Waals surface area contributed by atoms with Crippen molar-refractivity contribution in [3.8, 4) is 0 Å². The molecule has 2 heterocycles. The van der Waals surface area contributed by atoms with Gasteiger partial charge in [-0.15, -0.1) is 11.8 Å². The summed E-state index contributed by atoms with van der Waals surface area (Å²) in [4.78, 5) is 29.7. The minimum absolute atomic E-state index is 0.0259. The van der Waals surface area contributed by atoms with E-state index in [-0.39, 0.29) is 11.8 Å². The highest BCUT2D eigenvalue weighted by atomic mass is 32.2. The molecular formula is C19H15N3O2S. The highest BCUT2D eigenvalue weighted by Gasteiger charge is 2.16. The first kappa shape index (κ1) is 15.7. The Balaban J connectivity index is 1.64. The van der Waals surface area contributed by atoms with Crippen molar-refractivity contribution in [2.75, 3.05) is 16.4 Å². The zero-order valence-corrected chi connectivity index (χ0v) is 14.1. The molecule has 2 N–H and O–H groups in total. The lowest BCUT2D eigenvalue weighted by molar-refractivity contribution is -0.115. The molecule has 2 amide bonds. The predicted octanol–water partition coefficient (Wildman–Crippen LogP) is 3.92. The van der Waals surface area contributed by atoms with Gasteiger partial charge in [0, 0.05) is 34.2 Å². The molecule has 2 aromatic carbocycles. The molecule has 1 aliphatic heterocycles. The fraction of sp³-hybridized carbons (Fsp3) is 0.105. The molecule has 3 aromatic rings. The van der Waals surface area contributed by atoms with Crippen molar-refractivity contribution in [1.82, 2.24) is 4.98 Å². The largest absolute Gasteiger partial charge is 0.325 e. The van der Waals surface area contributed by atoms with Crippen molar-refractivity contribution in [2.24, 2.45) is 0 Å². The summed E-state index contributed by atoms with van der Waals surface area (Å²) in [5, 5.41) is 6.74. The number of carbonyl (C=O) groups excluding carboxylic acids is 2. The number of aromatic nitrogens is 1. The third kappa shape index (κ3) is 3.21. The van der Waals surface area contributed by atoms with Gasteiger partial charge in [0.15, 0.2) is 0 Å². The van der Waals surface area contributed by atoms with Gasteiger partial charge in [0.25, 0.3) is 5.91 Å². The van der Waals surface area contributed by atoms with Crippen molar-refractivity contribution in [3.05, 3.63) is 60.3 Å². The maximum Gasteiger partial charge on any atom is 0.255 e.